The molecule has 3 heterocycles. The number of nitrogens with zero attached hydrogens (tertiary/aromatic N) is 1. The highest BCUT2D eigenvalue weighted by Gasteiger charge is 2.27. The number of hydrogen-bond donors (Lipinski definition) is 2. The van der Waals surface area contributed by atoms with Gasteiger partial charge in [0.25, 0.3) is 0 Å². The molecular weight excluding hydrogens is 202 g/mol. The topological polar surface area (TPSA) is 50.1 Å². The molecule has 88 valence electrons. The maximum Gasteiger partial charge on any atom is 0.211 e. The van der Waals surface area contributed by atoms with Gasteiger partial charge < -0.3 is 15.1 Å². The summed E-state index contributed by atoms with van der Waals surface area (Å²) in [6.45, 7) is 4.22. The minimum absolute atomic E-state index is 0.342. The van der Waals surface area contributed by atoms with Crippen molar-refractivity contribution in [3.8, 4) is 0 Å². The summed E-state index contributed by atoms with van der Waals surface area (Å²) in [5, 5.41) is 6.90. The minimum atomic E-state index is 0.342. The highest BCUT2D eigenvalue weighted by Crippen LogP contribution is 2.29. The van der Waals surface area contributed by atoms with Gasteiger partial charge in [0, 0.05) is 0 Å². The lowest BCUT2D eigenvalue weighted by atomic mass is 10.1. The Morgan fingerprint density at radius 2 is 1.81 bits per heavy atom. The van der Waals surface area contributed by atoms with Gasteiger partial charge in [-0.2, -0.15) is 0 Å². The largest absolute Gasteiger partial charge is 0.444 e. The summed E-state index contributed by atoms with van der Waals surface area (Å²) >= 11 is 0. The molecule has 2 aliphatic rings. The molecule has 0 aliphatic carbocycles. The molecule has 3 rings (SSSR count). The molecule has 16 heavy (non-hydrogen) atoms. The van der Waals surface area contributed by atoms with Gasteiger partial charge in [0.1, 0.15) is 5.76 Å². The van der Waals surface area contributed by atoms with Crippen LogP contribution in [-0.4, -0.2) is 18.1 Å². The maximum absolute atomic E-state index is 5.80. The van der Waals surface area contributed by atoms with Gasteiger partial charge in [0.15, 0.2) is 0 Å². The molecule has 2 saturated heterocycles. The Morgan fingerprint density at radius 3 is 2.44 bits per heavy atom. The Kier molecular flexibility index (Phi) is 2.69. The maximum atomic E-state index is 5.80. The lowest BCUT2D eigenvalue weighted by Crippen LogP contribution is -2.15. The molecule has 1 aromatic rings. The Bertz CT molecular complexity index is 362. The van der Waals surface area contributed by atoms with E-state index in [0.717, 1.165) is 36.9 Å². The van der Waals surface area contributed by atoms with E-state index < -0.39 is 0 Å². The van der Waals surface area contributed by atoms with Crippen LogP contribution in [0.5, 0.6) is 0 Å². The third-order valence-corrected chi connectivity index (χ3v) is 3.60. The van der Waals surface area contributed by atoms with Crippen molar-refractivity contribution in [2.24, 2.45) is 0 Å². The van der Waals surface area contributed by atoms with E-state index in [2.05, 4.69) is 15.6 Å². The van der Waals surface area contributed by atoms with E-state index in [0.29, 0.717) is 12.1 Å². The first-order valence-electron chi connectivity index (χ1n) is 6.28. The number of aromatic nitrogens is 1. The highest BCUT2D eigenvalue weighted by molar-refractivity contribution is 5.16. The molecule has 4 nitrogen and oxygen atoms in total. The zero-order valence-corrected chi connectivity index (χ0v) is 9.75. The average molecular weight is 221 g/mol. The molecule has 4 heteroatoms. The summed E-state index contributed by atoms with van der Waals surface area (Å²) in [7, 11) is 0. The fourth-order valence-electron chi connectivity index (χ4n) is 2.71. The number of hydrogen-bond acceptors (Lipinski definition) is 4. The van der Waals surface area contributed by atoms with Gasteiger partial charge in [-0.1, -0.05) is 0 Å². The summed E-state index contributed by atoms with van der Waals surface area (Å²) in [4.78, 5) is 4.68. The SMILES string of the molecule is Cc1oc(C2CCCN2)nc1C1CCCN1. The van der Waals surface area contributed by atoms with Crippen LogP contribution in [0.3, 0.4) is 0 Å². The zero-order chi connectivity index (χ0) is 11.0. The first-order chi connectivity index (χ1) is 7.84. The van der Waals surface area contributed by atoms with E-state index in [4.69, 9.17) is 4.42 Å². The molecule has 0 bridgehead atoms. The predicted molar refractivity (Wildman–Crippen MR) is 61.2 cm³/mol. The smallest absolute Gasteiger partial charge is 0.211 e. The fraction of sp³-hybridized carbons (Fsp3) is 0.750. The summed E-state index contributed by atoms with van der Waals surface area (Å²) in [6, 6.07) is 0.757. The van der Waals surface area contributed by atoms with E-state index in [1.165, 1.54) is 19.3 Å². The highest BCUT2D eigenvalue weighted by atomic mass is 16.4. The van der Waals surface area contributed by atoms with Crippen molar-refractivity contribution < 1.29 is 4.42 Å². The second-order valence-electron chi connectivity index (χ2n) is 4.79. The summed E-state index contributed by atoms with van der Waals surface area (Å²) < 4.78 is 5.80. The van der Waals surface area contributed by atoms with Crippen LogP contribution in [0.2, 0.25) is 0 Å². The first kappa shape index (κ1) is 10.3. The van der Waals surface area contributed by atoms with Crippen molar-refractivity contribution in [2.75, 3.05) is 13.1 Å². The Labute approximate surface area is 95.8 Å². The summed E-state index contributed by atoms with van der Waals surface area (Å²) in [6.07, 6.45) is 4.81. The molecule has 2 N–H and O–H groups in total. The summed E-state index contributed by atoms with van der Waals surface area (Å²) in [5.41, 5.74) is 1.13. The Morgan fingerprint density at radius 1 is 1.12 bits per heavy atom. The van der Waals surface area contributed by atoms with E-state index >= 15 is 0 Å². The molecule has 1 aromatic heterocycles. The van der Waals surface area contributed by atoms with Gasteiger partial charge >= 0.3 is 0 Å². The van der Waals surface area contributed by atoms with E-state index in [1.54, 1.807) is 0 Å². The molecule has 0 aromatic carbocycles. The van der Waals surface area contributed by atoms with Gasteiger partial charge in [0.2, 0.25) is 5.89 Å². The average Bonchev–Trinajstić information content (AvgIpc) is 2.97. The van der Waals surface area contributed by atoms with Gasteiger partial charge in [-0.05, 0) is 45.7 Å². The molecule has 2 aliphatic heterocycles. The molecule has 0 spiro atoms. The Balaban J connectivity index is 1.83. The van der Waals surface area contributed by atoms with Crippen LogP contribution in [0.15, 0.2) is 4.42 Å². The van der Waals surface area contributed by atoms with Crippen molar-refractivity contribution in [2.45, 2.75) is 44.7 Å². The third kappa shape index (κ3) is 1.76. The van der Waals surface area contributed by atoms with Gasteiger partial charge in [-0.25, -0.2) is 4.98 Å². The number of nitrogens with one attached hydrogen (secondary N) is 2. The van der Waals surface area contributed by atoms with Crippen LogP contribution < -0.4 is 10.6 Å². The molecule has 0 radical (unpaired) electrons. The lowest BCUT2D eigenvalue weighted by Gasteiger charge is -2.06. The summed E-state index contributed by atoms with van der Waals surface area (Å²) in [5.74, 6) is 1.88. The van der Waals surface area contributed by atoms with E-state index in [9.17, 15) is 0 Å². The van der Waals surface area contributed by atoms with Crippen LogP contribution in [0.4, 0.5) is 0 Å². The fourth-order valence-corrected chi connectivity index (χ4v) is 2.71. The van der Waals surface area contributed by atoms with E-state index in [-0.39, 0.29) is 0 Å². The van der Waals surface area contributed by atoms with Crippen LogP contribution in [-0.2, 0) is 0 Å². The van der Waals surface area contributed by atoms with Crippen molar-refractivity contribution in [3.63, 3.8) is 0 Å². The quantitative estimate of drug-likeness (QED) is 0.800. The monoisotopic (exact) mass is 221 g/mol. The minimum Gasteiger partial charge on any atom is -0.444 e. The van der Waals surface area contributed by atoms with E-state index in [1.807, 2.05) is 6.92 Å². The van der Waals surface area contributed by atoms with Crippen LogP contribution in [0, 0.1) is 6.92 Å². The van der Waals surface area contributed by atoms with Crippen molar-refractivity contribution in [3.05, 3.63) is 17.3 Å². The van der Waals surface area contributed by atoms with Gasteiger partial charge in [0.05, 0.1) is 17.8 Å². The normalized spacial score (nSPS) is 30.1. The predicted octanol–water partition coefficient (Wildman–Crippen LogP) is 1.83. The third-order valence-electron chi connectivity index (χ3n) is 3.60. The molecule has 2 atom stereocenters. The standard InChI is InChI=1S/C12H19N3O/c1-8-11(9-4-2-6-13-9)15-12(16-8)10-5-3-7-14-10/h9-10,13-14H,2-7H2,1H3. The number of rotatable bonds is 2. The van der Waals surface area contributed by atoms with Crippen LogP contribution in [0.25, 0.3) is 0 Å². The van der Waals surface area contributed by atoms with Crippen molar-refractivity contribution in [1.82, 2.24) is 15.6 Å². The number of oxazole rings is 1. The van der Waals surface area contributed by atoms with Crippen LogP contribution >= 0.6 is 0 Å². The molecule has 0 amide bonds. The number of aryl methyl sites for hydroxylation is 1. The van der Waals surface area contributed by atoms with Gasteiger partial charge in [-0.15, -0.1) is 0 Å². The molecular formula is C12H19N3O. The Hall–Kier alpha value is -0.870. The van der Waals surface area contributed by atoms with Crippen molar-refractivity contribution in [1.29, 1.82) is 0 Å². The molecule has 2 unspecified atom stereocenters. The zero-order valence-electron chi connectivity index (χ0n) is 9.75. The van der Waals surface area contributed by atoms with Gasteiger partial charge in [-0.3, -0.25) is 0 Å². The lowest BCUT2D eigenvalue weighted by molar-refractivity contribution is 0.414. The molecule has 0 saturated carbocycles. The van der Waals surface area contributed by atoms with Crippen molar-refractivity contribution >= 4 is 0 Å². The molecule has 2 fully saturated rings. The van der Waals surface area contributed by atoms with Crippen LogP contribution in [0.1, 0.15) is 55.1 Å². The second kappa shape index (κ2) is 4.18. The second-order valence-corrected chi connectivity index (χ2v) is 4.79. The first-order valence-corrected chi connectivity index (χ1v) is 6.28.